The molecule has 0 heterocycles. The van der Waals surface area contributed by atoms with Crippen LogP contribution in [-0.2, 0) is 35.1 Å². The van der Waals surface area contributed by atoms with Gasteiger partial charge in [0.25, 0.3) is 30.4 Å². The molecule has 0 bridgehead atoms. The molecule has 4 N–H and O–H groups in total. The Hall–Kier alpha value is -0.930. The molecule has 0 rings (SSSR count). The summed E-state index contributed by atoms with van der Waals surface area (Å²) < 4.78 is 86.0. The second-order valence-corrected chi connectivity index (χ2v) is 7.71. The summed E-state index contributed by atoms with van der Waals surface area (Å²) in [4.78, 5) is 10.5. The van der Waals surface area contributed by atoms with E-state index in [-0.39, 0.29) is 6.29 Å². The first kappa shape index (κ1) is 17.1. The lowest BCUT2D eigenvalue weighted by atomic mass is 10.3. The average molecular weight is 323 g/mol. The van der Waals surface area contributed by atoms with E-state index in [0.717, 1.165) is 6.21 Å². The number of hydrogen-bond donors (Lipinski definition) is 4. The smallest absolute Gasteiger partial charge is 0.302 e. The van der Waals surface area contributed by atoms with E-state index < -0.39 is 39.7 Å². The third kappa shape index (κ3) is 2.57. The molecule has 2 radical (unpaired) electrons. The van der Waals surface area contributed by atoms with Gasteiger partial charge in [-0.25, -0.2) is 0 Å². The highest BCUT2D eigenvalue weighted by atomic mass is 32.3. The Morgan fingerprint density at radius 1 is 0.944 bits per heavy atom. The van der Waals surface area contributed by atoms with E-state index in [2.05, 4.69) is 0 Å². The third-order valence-corrected chi connectivity index (χ3v) is 6.48. The van der Waals surface area contributed by atoms with Crippen LogP contribution in [0.4, 0.5) is 0 Å². The predicted octanol–water partition coefficient (Wildman–Crippen LogP) is -2.65. The Morgan fingerprint density at radius 2 is 1.28 bits per heavy atom. The van der Waals surface area contributed by atoms with E-state index >= 15 is 0 Å². The van der Waals surface area contributed by atoms with Gasteiger partial charge in [-0.2, -0.15) is 25.3 Å². The molecule has 14 heteroatoms. The van der Waals surface area contributed by atoms with Crippen molar-refractivity contribution in [3.63, 3.8) is 0 Å². The van der Waals surface area contributed by atoms with Crippen molar-refractivity contribution in [2.24, 2.45) is 0 Å². The molecule has 0 aromatic heterocycles. The molecule has 0 aliphatic carbocycles. The van der Waals surface area contributed by atoms with E-state index in [4.69, 9.17) is 19.1 Å². The van der Waals surface area contributed by atoms with Gasteiger partial charge in [-0.05, 0) is 0 Å². The summed E-state index contributed by atoms with van der Waals surface area (Å²) in [5, 5.41) is 3.01. The molecule has 0 saturated carbocycles. The number of nitrogens with one attached hydrogen (secondary N) is 1. The minimum absolute atomic E-state index is 0.105. The van der Waals surface area contributed by atoms with Gasteiger partial charge in [-0.15, -0.1) is 0 Å². The quantitative estimate of drug-likeness (QED) is 0.295. The van der Waals surface area contributed by atoms with Crippen molar-refractivity contribution >= 4 is 42.9 Å². The molecule has 0 fully saturated rings. The fourth-order valence-electron chi connectivity index (χ4n) is 0.928. The van der Waals surface area contributed by atoms with Crippen molar-refractivity contribution in [3.8, 4) is 0 Å². The Morgan fingerprint density at radius 3 is 1.33 bits per heavy atom. The lowest BCUT2D eigenvalue weighted by Gasteiger charge is -2.23. The summed E-state index contributed by atoms with van der Waals surface area (Å²) in [6.07, 6.45) is 0.824. The van der Waals surface area contributed by atoms with Crippen molar-refractivity contribution in [1.82, 2.24) is 0 Å². The van der Waals surface area contributed by atoms with E-state index in [9.17, 15) is 30.0 Å². The van der Waals surface area contributed by atoms with Crippen LogP contribution >= 0.6 is 0 Å². The van der Waals surface area contributed by atoms with Crippen molar-refractivity contribution in [2.45, 2.75) is 9.33 Å². The first-order chi connectivity index (χ1) is 7.75. The molecule has 1 atom stereocenters. The van der Waals surface area contributed by atoms with Gasteiger partial charge in [0.2, 0.25) is 6.29 Å². The largest absolute Gasteiger partial charge is 0.311 e. The third-order valence-electron chi connectivity index (χ3n) is 1.68. The van der Waals surface area contributed by atoms with Crippen molar-refractivity contribution in [1.29, 1.82) is 5.41 Å². The van der Waals surface area contributed by atoms with Crippen LogP contribution in [0.15, 0.2) is 0 Å². The van der Waals surface area contributed by atoms with Gasteiger partial charge in [0, 0.05) is 0 Å². The molecule has 104 valence electrons. The molecule has 0 spiro atoms. The Bertz CT molecular complexity index is 622. The molecular weight excluding hydrogens is 318 g/mol. The summed E-state index contributed by atoms with van der Waals surface area (Å²) in [5.41, 5.74) is 0. The minimum Gasteiger partial charge on any atom is -0.302 e. The molecule has 0 aromatic carbocycles. The second kappa shape index (κ2) is 4.63. The van der Waals surface area contributed by atoms with Gasteiger partial charge >= 0.3 is 4.08 Å². The Labute approximate surface area is 102 Å². The van der Waals surface area contributed by atoms with Crippen LogP contribution in [0.25, 0.3) is 0 Å². The summed E-state index contributed by atoms with van der Waals surface area (Å²) >= 11 is 0. The molecule has 0 saturated heterocycles. The zero-order chi connectivity index (χ0) is 15.0. The van der Waals surface area contributed by atoms with Crippen LogP contribution in [0.2, 0.25) is 0 Å². The van der Waals surface area contributed by atoms with Gasteiger partial charge in [0.15, 0.2) is 5.25 Å². The fraction of sp³-hybridized carbons (Fsp3) is 0.500. The normalized spacial score (nSPS) is 15.9. The molecular formula is C4H5NO10S3. The van der Waals surface area contributed by atoms with Crippen molar-refractivity contribution < 1.29 is 43.7 Å². The summed E-state index contributed by atoms with van der Waals surface area (Å²) in [7, 11) is -17.9. The second-order valence-electron chi connectivity index (χ2n) is 2.76. The van der Waals surface area contributed by atoms with Crippen LogP contribution in [0, 0.1) is 5.41 Å². The maximum Gasteiger partial charge on any atom is 0.311 e. The highest BCUT2D eigenvalue weighted by molar-refractivity contribution is 8.08. The average Bonchev–Trinajstić information content (AvgIpc) is 2.06. The van der Waals surface area contributed by atoms with E-state index in [1.54, 1.807) is 0 Å². The standard InChI is InChI=1S/C4H5NO10S3/c5-1-3(16(7,8)9)4(2-6,17(10,11)12)18(13,14)15/h3,5H,(H,7,8,9)(H,10,11,12)(H,13,14,15). The van der Waals surface area contributed by atoms with Crippen molar-refractivity contribution in [2.75, 3.05) is 0 Å². The lowest BCUT2D eigenvalue weighted by Crippen LogP contribution is -2.59. The Kier molecular flexibility index (Phi) is 4.39. The zero-order valence-corrected chi connectivity index (χ0v) is 10.5. The Balaban J connectivity index is 6.84. The van der Waals surface area contributed by atoms with Crippen LogP contribution < -0.4 is 0 Å². The van der Waals surface area contributed by atoms with Gasteiger partial charge < -0.3 is 5.41 Å². The number of carbonyl (C=O) groups excluding carboxylic acids is 1. The van der Waals surface area contributed by atoms with Crippen LogP contribution in [0.3, 0.4) is 0 Å². The van der Waals surface area contributed by atoms with E-state index in [1.165, 1.54) is 0 Å². The zero-order valence-electron chi connectivity index (χ0n) is 8.00. The molecule has 0 aliphatic heterocycles. The molecule has 0 amide bonds. The van der Waals surface area contributed by atoms with E-state index in [1.807, 2.05) is 0 Å². The topological polar surface area (TPSA) is 204 Å². The van der Waals surface area contributed by atoms with E-state index in [0.29, 0.717) is 0 Å². The van der Waals surface area contributed by atoms with Gasteiger partial charge in [0.1, 0.15) is 0 Å². The SMILES string of the molecule is N=[C]C(C([C]=O)(S(=O)(=O)O)S(=O)(=O)O)S(=O)(=O)O. The molecule has 0 aromatic rings. The predicted molar refractivity (Wildman–Crippen MR) is 54.6 cm³/mol. The van der Waals surface area contributed by atoms with Crippen molar-refractivity contribution in [3.05, 3.63) is 0 Å². The first-order valence-electron chi connectivity index (χ1n) is 3.47. The van der Waals surface area contributed by atoms with Gasteiger partial charge in [0.05, 0.1) is 6.21 Å². The maximum atomic E-state index is 10.8. The first-order valence-corrected chi connectivity index (χ1v) is 7.86. The summed E-state index contributed by atoms with van der Waals surface area (Å²) in [6.45, 7) is 0. The number of hydrogen-bond acceptors (Lipinski definition) is 8. The fourth-order valence-corrected chi connectivity index (χ4v) is 4.91. The number of rotatable bonds is 6. The summed E-state index contributed by atoms with van der Waals surface area (Å²) in [6, 6.07) is 0. The van der Waals surface area contributed by atoms with Crippen LogP contribution in [0.5, 0.6) is 0 Å². The van der Waals surface area contributed by atoms with Gasteiger partial charge in [-0.1, -0.05) is 0 Å². The van der Waals surface area contributed by atoms with Crippen LogP contribution in [-0.4, -0.2) is 60.7 Å². The summed E-state index contributed by atoms with van der Waals surface area (Å²) in [5.74, 6) is 0. The molecule has 1 unspecified atom stereocenters. The highest BCUT2D eigenvalue weighted by Crippen LogP contribution is 2.28. The molecule has 18 heavy (non-hydrogen) atoms. The monoisotopic (exact) mass is 323 g/mol. The minimum atomic E-state index is -6.11. The maximum absolute atomic E-state index is 10.8. The lowest BCUT2D eigenvalue weighted by molar-refractivity contribution is 0.426. The highest BCUT2D eigenvalue weighted by Gasteiger charge is 2.66. The van der Waals surface area contributed by atoms with Crippen LogP contribution in [0.1, 0.15) is 0 Å². The van der Waals surface area contributed by atoms with Gasteiger partial charge in [-0.3, -0.25) is 18.5 Å². The molecule has 11 nitrogen and oxygen atoms in total. The molecule has 0 aliphatic rings.